The van der Waals surface area contributed by atoms with Crippen molar-refractivity contribution in [2.24, 2.45) is 5.73 Å². The molecule has 1 amide bonds. The van der Waals surface area contributed by atoms with Crippen LogP contribution < -0.4 is 10.5 Å². The van der Waals surface area contributed by atoms with E-state index in [4.69, 9.17) is 18.0 Å². The zero-order chi connectivity index (χ0) is 14.2. The number of nitrogens with zero attached hydrogens (tertiary/aromatic N) is 1. The van der Waals surface area contributed by atoms with Crippen LogP contribution in [-0.2, 0) is 14.8 Å². The molecular formula is C10H13N3O3S3. The minimum absolute atomic E-state index is 0.109. The largest absolute Gasteiger partial charge is 0.389 e. The van der Waals surface area contributed by atoms with Gasteiger partial charge >= 0.3 is 0 Å². The minimum Gasteiger partial charge on any atom is -0.389 e. The summed E-state index contributed by atoms with van der Waals surface area (Å²) in [7, 11) is -2.06. The normalized spacial score (nSPS) is 19.9. The van der Waals surface area contributed by atoms with Gasteiger partial charge in [0.1, 0.15) is 15.2 Å². The number of thiophene rings is 1. The maximum Gasteiger partial charge on any atom is 0.250 e. The predicted octanol–water partition coefficient (Wildman–Crippen LogP) is -0.109. The van der Waals surface area contributed by atoms with E-state index in [-0.39, 0.29) is 15.1 Å². The lowest BCUT2D eigenvalue weighted by molar-refractivity contribution is -0.127. The number of sulfonamides is 1. The second kappa shape index (κ2) is 5.16. The first-order chi connectivity index (χ1) is 8.81. The lowest BCUT2D eigenvalue weighted by Gasteiger charge is -2.11. The molecule has 1 atom stereocenters. The number of hydrogen-bond donors (Lipinski definition) is 2. The summed E-state index contributed by atoms with van der Waals surface area (Å²) < 4.78 is 26.8. The smallest absolute Gasteiger partial charge is 0.250 e. The molecule has 0 spiro atoms. The molecule has 1 fully saturated rings. The van der Waals surface area contributed by atoms with Gasteiger partial charge in [-0.05, 0) is 18.6 Å². The van der Waals surface area contributed by atoms with Crippen LogP contribution in [0.4, 0.5) is 0 Å². The monoisotopic (exact) mass is 319 g/mol. The number of carbonyl (C=O) groups is 1. The highest BCUT2D eigenvalue weighted by Gasteiger charge is 2.33. The Morgan fingerprint density at radius 1 is 1.58 bits per heavy atom. The lowest BCUT2D eigenvalue weighted by atomic mass is 10.3. The van der Waals surface area contributed by atoms with Crippen LogP contribution in [-0.4, -0.2) is 43.8 Å². The second-order valence-electron chi connectivity index (χ2n) is 4.21. The van der Waals surface area contributed by atoms with E-state index in [0.29, 0.717) is 17.8 Å². The number of thiocarbonyl (C=S) groups is 1. The Labute approximate surface area is 120 Å². The number of hydrogen-bond acceptors (Lipinski definition) is 5. The van der Waals surface area contributed by atoms with Crippen LogP contribution in [0.25, 0.3) is 0 Å². The molecule has 0 aliphatic carbocycles. The van der Waals surface area contributed by atoms with E-state index in [1.54, 1.807) is 13.1 Å². The zero-order valence-electron chi connectivity index (χ0n) is 10.1. The molecule has 0 bridgehead atoms. The van der Waals surface area contributed by atoms with Gasteiger partial charge in [-0.1, -0.05) is 12.2 Å². The fourth-order valence-electron chi connectivity index (χ4n) is 1.77. The average Bonchev–Trinajstić information content (AvgIpc) is 2.92. The topological polar surface area (TPSA) is 92.5 Å². The Bertz CT molecular complexity index is 623. The molecule has 9 heteroatoms. The van der Waals surface area contributed by atoms with Gasteiger partial charge in [0, 0.05) is 13.6 Å². The van der Waals surface area contributed by atoms with Crippen molar-refractivity contribution < 1.29 is 13.2 Å². The number of carbonyl (C=O) groups excluding carboxylic acids is 1. The van der Waals surface area contributed by atoms with Crippen molar-refractivity contribution in [3.63, 3.8) is 0 Å². The van der Waals surface area contributed by atoms with E-state index in [1.165, 1.54) is 11.0 Å². The summed E-state index contributed by atoms with van der Waals surface area (Å²) in [6, 6.07) is 2.31. The Morgan fingerprint density at radius 3 is 2.74 bits per heavy atom. The highest BCUT2D eigenvalue weighted by molar-refractivity contribution is 7.91. The van der Waals surface area contributed by atoms with Crippen molar-refractivity contribution in [2.45, 2.75) is 16.7 Å². The number of rotatable bonds is 4. The fraction of sp³-hybridized carbons (Fsp3) is 0.400. The van der Waals surface area contributed by atoms with Gasteiger partial charge in [-0.15, -0.1) is 11.3 Å². The van der Waals surface area contributed by atoms with Crippen LogP contribution in [0, 0.1) is 0 Å². The van der Waals surface area contributed by atoms with Crippen molar-refractivity contribution >= 4 is 44.5 Å². The maximum absolute atomic E-state index is 12.1. The van der Waals surface area contributed by atoms with E-state index in [0.717, 1.165) is 11.3 Å². The minimum atomic E-state index is -3.71. The molecule has 1 aromatic rings. The van der Waals surface area contributed by atoms with Crippen molar-refractivity contribution in [1.29, 1.82) is 0 Å². The van der Waals surface area contributed by atoms with Gasteiger partial charge in [0.05, 0.1) is 4.88 Å². The first-order valence-electron chi connectivity index (χ1n) is 5.48. The Hall–Kier alpha value is -1.03. The maximum atomic E-state index is 12.1. The molecule has 0 aromatic carbocycles. The van der Waals surface area contributed by atoms with E-state index in [9.17, 15) is 13.2 Å². The molecule has 19 heavy (non-hydrogen) atoms. The number of amides is 1. The molecule has 6 nitrogen and oxygen atoms in total. The molecule has 1 aliphatic heterocycles. The van der Waals surface area contributed by atoms with Crippen LogP contribution in [0.3, 0.4) is 0 Å². The van der Waals surface area contributed by atoms with Gasteiger partial charge in [-0.25, -0.2) is 8.42 Å². The summed E-state index contributed by atoms with van der Waals surface area (Å²) in [4.78, 5) is 13.9. The molecule has 1 aromatic heterocycles. The van der Waals surface area contributed by atoms with E-state index in [2.05, 4.69) is 4.72 Å². The third-order valence-electron chi connectivity index (χ3n) is 2.81. The summed E-state index contributed by atoms with van der Waals surface area (Å²) >= 11 is 5.78. The highest BCUT2D eigenvalue weighted by Crippen LogP contribution is 2.22. The Morgan fingerprint density at radius 2 is 2.26 bits per heavy atom. The van der Waals surface area contributed by atoms with Gasteiger partial charge in [0.2, 0.25) is 5.91 Å². The SMILES string of the molecule is CN1CCC(NS(=O)(=O)c2ccc(C(N)=S)s2)C1=O. The third-order valence-corrected chi connectivity index (χ3v) is 6.25. The summed E-state index contributed by atoms with van der Waals surface area (Å²) in [5, 5.41) is 0. The van der Waals surface area contributed by atoms with Gasteiger partial charge < -0.3 is 10.6 Å². The van der Waals surface area contributed by atoms with Crippen LogP contribution in [0.15, 0.2) is 16.3 Å². The highest BCUT2D eigenvalue weighted by atomic mass is 32.2. The van der Waals surface area contributed by atoms with Gasteiger partial charge in [0.25, 0.3) is 10.0 Å². The van der Waals surface area contributed by atoms with Gasteiger partial charge in [-0.3, -0.25) is 4.79 Å². The molecule has 3 N–H and O–H groups in total. The summed E-state index contributed by atoms with van der Waals surface area (Å²) in [5.74, 6) is -0.213. The van der Waals surface area contributed by atoms with Crippen LogP contribution in [0.5, 0.6) is 0 Å². The number of nitrogens with two attached hydrogens (primary N) is 1. The average molecular weight is 319 g/mol. The number of nitrogens with one attached hydrogen (secondary N) is 1. The van der Waals surface area contributed by atoms with Gasteiger partial charge in [-0.2, -0.15) is 4.72 Å². The third kappa shape index (κ3) is 2.94. The summed E-state index contributed by atoms with van der Waals surface area (Å²) in [6.07, 6.45) is 0.474. The molecule has 1 unspecified atom stereocenters. The van der Waals surface area contributed by atoms with Crippen LogP contribution >= 0.6 is 23.6 Å². The molecule has 104 valence electrons. The molecular weight excluding hydrogens is 306 g/mol. The summed E-state index contributed by atoms with van der Waals surface area (Å²) in [6.45, 7) is 0.550. The predicted molar refractivity (Wildman–Crippen MR) is 76.6 cm³/mol. The Kier molecular flexibility index (Phi) is 3.90. The molecule has 0 radical (unpaired) electrons. The van der Waals surface area contributed by atoms with E-state index in [1.807, 2.05) is 0 Å². The molecule has 1 saturated heterocycles. The molecule has 2 rings (SSSR count). The van der Waals surface area contributed by atoms with Crippen LogP contribution in [0.2, 0.25) is 0 Å². The quantitative estimate of drug-likeness (QED) is 0.756. The van der Waals surface area contributed by atoms with E-state index < -0.39 is 16.1 Å². The Balaban J connectivity index is 2.18. The number of likely N-dealkylation sites (tertiary alicyclic amines) is 1. The lowest BCUT2D eigenvalue weighted by Crippen LogP contribution is -2.40. The zero-order valence-corrected chi connectivity index (χ0v) is 12.6. The van der Waals surface area contributed by atoms with Crippen molar-refractivity contribution in [1.82, 2.24) is 9.62 Å². The fourth-order valence-corrected chi connectivity index (χ4v) is 4.37. The van der Waals surface area contributed by atoms with Crippen molar-refractivity contribution in [3.05, 3.63) is 17.0 Å². The first-order valence-corrected chi connectivity index (χ1v) is 8.19. The van der Waals surface area contributed by atoms with Crippen molar-refractivity contribution in [2.75, 3.05) is 13.6 Å². The number of likely N-dealkylation sites (N-methyl/N-ethyl adjacent to an activating group) is 1. The molecule has 2 heterocycles. The second-order valence-corrected chi connectivity index (χ2v) is 7.67. The van der Waals surface area contributed by atoms with Gasteiger partial charge in [0.15, 0.2) is 0 Å². The van der Waals surface area contributed by atoms with E-state index >= 15 is 0 Å². The summed E-state index contributed by atoms with van der Waals surface area (Å²) in [5.41, 5.74) is 5.44. The van der Waals surface area contributed by atoms with Crippen molar-refractivity contribution in [3.8, 4) is 0 Å². The standard InChI is InChI=1S/C10H13N3O3S3/c1-13-5-4-6(10(13)14)12-19(15,16)8-3-2-7(18-8)9(11)17/h2-3,6,12H,4-5H2,1H3,(H2,11,17). The first kappa shape index (κ1) is 14.4. The van der Waals surface area contributed by atoms with Crippen LogP contribution in [0.1, 0.15) is 11.3 Å². The molecule has 0 saturated carbocycles. The molecule has 1 aliphatic rings.